The Balaban J connectivity index is 2.27. The molecule has 0 aliphatic heterocycles. The predicted octanol–water partition coefficient (Wildman–Crippen LogP) is 4.07. The van der Waals surface area contributed by atoms with Crippen LogP contribution in [0.4, 0.5) is 8.78 Å². The van der Waals surface area contributed by atoms with E-state index in [1.54, 1.807) is 0 Å². The molecule has 1 N–H and O–H groups in total. The molecule has 0 saturated heterocycles. The highest BCUT2D eigenvalue weighted by Crippen LogP contribution is 2.26. The molecule has 2 nitrogen and oxygen atoms in total. The van der Waals surface area contributed by atoms with E-state index in [1.807, 2.05) is 26.8 Å². The first-order valence-electron chi connectivity index (χ1n) is 6.75. The molecule has 1 atom stereocenters. The van der Waals surface area contributed by atoms with E-state index in [0.29, 0.717) is 12.0 Å². The van der Waals surface area contributed by atoms with Crippen LogP contribution in [0.1, 0.15) is 35.6 Å². The monoisotopic (exact) mass is 279 g/mol. The Kier molecular flexibility index (Phi) is 4.55. The smallest absolute Gasteiger partial charge is 0.129 e. The molecule has 0 aliphatic rings. The maximum absolute atomic E-state index is 13.8. The highest BCUT2D eigenvalue weighted by molar-refractivity contribution is 5.28. The Hall–Kier alpha value is -1.68. The molecule has 0 aliphatic carbocycles. The lowest BCUT2D eigenvalue weighted by Gasteiger charge is -2.18. The molecule has 0 saturated carbocycles. The zero-order valence-electron chi connectivity index (χ0n) is 12.0. The zero-order valence-corrected chi connectivity index (χ0v) is 12.0. The number of benzene rings is 1. The lowest BCUT2D eigenvalue weighted by Crippen LogP contribution is -2.23. The average molecular weight is 279 g/mol. The van der Waals surface area contributed by atoms with Gasteiger partial charge in [-0.2, -0.15) is 0 Å². The van der Waals surface area contributed by atoms with E-state index >= 15 is 0 Å². The molecule has 20 heavy (non-hydrogen) atoms. The number of hydrogen-bond acceptors (Lipinski definition) is 2. The number of hydrogen-bond donors (Lipinski definition) is 1. The molecular weight excluding hydrogens is 260 g/mol. The molecule has 0 fully saturated rings. The van der Waals surface area contributed by atoms with Gasteiger partial charge in [-0.1, -0.05) is 13.0 Å². The van der Waals surface area contributed by atoms with Gasteiger partial charge in [-0.3, -0.25) is 0 Å². The van der Waals surface area contributed by atoms with E-state index < -0.39 is 11.6 Å². The van der Waals surface area contributed by atoms with Gasteiger partial charge in [0.1, 0.15) is 23.2 Å². The van der Waals surface area contributed by atoms with Crippen LogP contribution in [0, 0.1) is 25.5 Å². The van der Waals surface area contributed by atoms with Gasteiger partial charge >= 0.3 is 0 Å². The van der Waals surface area contributed by atoms with Gasteiger partial charge in [0.25, 0.3) is 0 Å². The van der Waals surface area contributed by atoms with Crippen molar-refractivity contribution in [2.45, 2.75) is 33.2 Å². The van der Waals surface area contributed by atoms with Gasteiger partial charge in [0.05, 0.1) is 0 Å². The number of aryl methyl sites for hydroxylation is 2. The summed E-state index contributed by atoms with van der Waals surface area (Å²) in [5.74, 6) is 0.600. The summed E-state index contributed by atoms with van der Waals surface area (Å²) in [7, 11) is 0. The topological polar surface area (TPSA) is 25.2 Å². The van der Waals surface area contributed by atoms with Crippen LogP contribution in [0.2, 0.25) is 0 Å². The summed E-state index contributed by atoms with van der Waals surface area (Å²) in [5, 5.41) is 3.32. The number of nitrogens with one attached hydrogen (secondary N) is 1. The molecule has 0 radical (unpaired) electrons. The largest absolute Gasteiger partial charge is 0.466 e. The summed E-state index contributed by atoms with van der Waals surface area (Å²) >= 11 is 0. The molecule has 1 aromatic carbocycles. The van der Waals surface area contributed by atoms with Gasteiger partial charge < -0.3 is 9.73 Å². The van der Waals surface area contributed by atoms with Gasteiger partial charge in [0.2, 0.25) is 0 Å². The molecule has 108 valence electrons. The highest BCUT2D eigenvalue weighted by atomic mass is 19.1. The second kappa shape index (κ2) is 6.18. The van der Waals surface area contributed by atoms with E-state index in [4.69, 9.17) is 4.42 Å². The second-order valence-corrected chi connectivity index (χ2v) is 4.92. The summed E-state index contributed by atoms with van der Waals surface area (Å²) < 4.78 is 32.3. The first-order chi connectivity index (χ1) is 9.51. The fourth-order valence-electron chi connectivity index (χ4n) is 2.44. The van der Waals surface area contributed by atoms with Crippen molar-refractivity contribution in [2.75, 3.05) is 6.54 Å². The molecule has 4 heteroatoms. The lowest BCUT2D eigenvalue weighted by atomic mass is 9.98. The maximum atomic E-state index is 13.8. The van der Waals surface area contributed by atoms with Crippen molar-refractivity contribution in [1.29, 1.82) is 0 Å². The third-order valence-corrected chi connectivity index (χ3v) is 3.34. The Morgan fingerprint density at radius 3 is 2.50 bits per heavy atom. The summed E-state index contributed by atoms with van der Waals surface area (Å²) in [6, 6.07) is 5.62. The van der Waals surface area contributed by atoms with E-state index in [1.165, 1.54) is 12.1 Å². The quantitative estimate of drug-likeness (QED) is 0.892. The summed E-state index contributed by atoms with van der Waals surface area (Å²) in [4.78, 5) is 0. The van der Waals surface area contributed by atoms with E-state index in [9.17, 15) is 8.78 Å². The molecule has 1 aromatic heterocycles. The average Bonchev–Trinajstić information content (AvgIpc) is 2.71. The van der Waals surface area contributed by atoms with Crippen molar-refractivity contribution < 1.29 is 13.2 Å². The SMILES string of the molecule is CCNC(Cc1ccc(F)cc1F)c1cc(C)oc1C. The highest BCUT2D eigenvalue weighted by Gasteiger charge is 2.18. The molecule has 2 rings (SSSR count). The Morgan fingerprint density at radius 1 is 1.20 bits per heavy atom. The van der Waals surface area contributed by atoms with Gasteiger partial charge in [-0.05, 0) is 44.5 Å². The first-order valence-corrected chi connectivity index (χ1v) is 6.75. The van der Waals surface area contributed by atoms with Crippen LogP contribution < -0.4 is 5.32 Å². The molecular formula is C16H19F2NO. The normalized spacial score (nSPS) is 12.7. The summed E-state index contributed by atoms with van der Waals surface area (Å²) in [6.45, 7) is 6.54. The summed E-state index contributed by atoms with van der Waals surface area (Å²) in [5.41, 5.74) is 1.52. The van der Waals surface area contributed by atoms with E-state index in [0.717, 1.165) is 29.7 Å². The standard InChI is InChI=1S/C16H19F2NO/c1-4-19-16(14-7-10(2)20-11(14)3)8-12-5-6-13(17)9-15(12)18/h5-7,9,16,19H,4,8H2,1-3H3. The van der Waals surface area contributed by atoms with Crippen LogP contribution in [0.25, 0.3) is 0 Å². The fraction of sp³-hybridized carbons (Fsp3) is 0.375. The molecule has 0 amide bonds. The second-order valence-electron chi connectivity index (χ2n) is 4.92. The zero-order chi connectivity index (χ0) is 14.7. The van der Waals surface area contributed by atoms with Crippen LogP contribution in [0.5, 0.6) is 0 Å². The fourth-order valence-corrected chi connectivity index (χ4v) is 2.44. The molecule has 2 aromatic rings. The number of furan rings is 1. The minimum absolute atomic E-state index is 0.0441. The predicted molar refractivity (Wildman–Crippen MR) is 74.7 cm³/mol. The first kappa shape index (κ1) is 14.7. The van der Waals surface area contributed by atoms with Gasteiger partial charge in [0.15, 0.2) is 0 Å². The van der Waals surface area contributed by atoms with Crippen LogP contribution >= 0.6 is 0 Å². The molecule has 0 bridgehead atoms. The van der Waals surface area contributed by atoms with Gasteiger partial charge in [-0.25, -0.2) is 8.78 Å². The van der Waals surface area contributed by atoms with Gasteiger partial charge in [0, 0.05) is 17.7 Å². The van der Waals surface area contributed by atoms with Crippen LogP contribution in [-0.2, 0) is 6.42 Å². The molecule has 0 spiro atoms. The lowest BCUT2D eigenvalue weighted by molar-refractivity contribution is 0.480. The van der Waals surface area contributed by atoms with Crippen molar-refractivity contribution in [1.82, 2.24) is 5.32 Å². The van der Waals surface area contributed by atoms with E-state index in [2.05, 4.69) is 5.32 Å². The number of halogens is 2. The third-order valence-electron chi connectivity index (χ3n) is 3.34. The molecule has 1 unspecified atom stereocenters. The minimum atomic E-state index is -0.554. The Bertz CT molecular complexity index is 592. The summed E-state index contributed by atoms with van der Waals surface area (Å²) in [6.07, 6.45) is 0.458. The van der Waals surface area contributed by atoms with Crippen molar-refractivity contribution in [2.24, 2.45) is 0 Å². The number of rotatable bonds is 5. The van der Waals surface area contributed by atoms with Crippen molar-refractivity contribution >= 4 is 0 Å². The Labute approximate surface area is 117 Å². The Morgan fingerprint density at radius 2 is 1.95 bits per heavy atom. The van der Waals surface area contributed by atoms with Crippen LogP contribution in [-0.4, -0.2) is 6.54 Å². The van der Waals surface area contributed by atoms with Crippen LogP contribution in [0.15, 0.2) is 28.7 Å². The van der Waals surface area contributed by atoms with Gasteiger partial charge in [-0.15, -0.1) is 0 Å². The molecule has 1 heterocycles. The third kappa shape index (κ3) is 3.25. The van der Waals surface area contributed by atoms with Crippen molar-refractivity contribution in [3.05, 3.63) is 58.5 Å². The van der Waals surface area contributed by atoms with Crippen molar-refractivity contribution in [3.63, 3.8) is 0 Å². The van der Waals surface area contributed by atoms with E-state index in [-0.39, 0.29) is 6.04 Å². The number of likely N-dealkylation sites (N-methyl/N-ethyl adjacent to an activating group) is 1. The minimum Gasteiger partial charge on any atom is -0.466 e. The van der Waals surface area contributed by atoms with Crippen molar-refractivity contribution in [3.8, 4) is 0 Å². The maximum Gasteiger partial charge on any atom is 0.129 e. The van der Waals surface area contributed by atoms with Crippen LogP contribution in [0.3, 0.4) is 0 Å².